The van der Waals surface area contributed by atoms with Crippen molar-refractivity contribution < 1.29 is 10.4 Å². The molecule has 9 heteroatoms. The van der Waals surface area contributed by atoms with E-state index in [2.05, 4.69) is 44.8 Å². The second kappa shape index (κ2) is 6.61. The molecule has 2 unspecified atom stereocenters. The highest BCUT2D eigenvalue weighted by atomic mass is 32.2. The van der Waals surface area contributed by atoms with Gasteiger partial charge in [-0.2, -0.15) is 5.23 Å². The van der Waals surface area contributed by atoms with Gasteiger partial charge in [0.1, 0.15) is 5.37 Å². The minimum absolute atomic E-state index is 0.0498. The summed E-state index contributed by atoms with van der Waals surface area (Å²) in [5.41, 5.74) is 6.77. The Hall–Kier alpha value is -2.59. The molecule has 0 saturated heterocycles. The zero-order chi connectivity index (χ0) is 18.3. The van der Waals surface area contributed by atoms with E-state index in [4.69, 9.17) is 5.21 Å². The van der Waals surface area contributed by atoms with Crippen LogP contribution in [0.1, 0.15) is 10.9 Å². The number of benzene rings is 2. The van der Waals surface area contributed by atoms with Crippen LogP contribution in [0.2, 0.25) is 0 Å². The van der Waals surface area contributed by atoms with Gasteiger partial charge < -0.3 is 15.5 Å². The fourth-order valence-electron chi connectivity index (χ4n) is 2.75. The van der Waals surface area contributed by atoms with Gasteiger partial charge >= 0.3 is 0 Å². The maximum Gasteiger partial charge on any atom is 0.212 e. The molecule has 8 nitrogen and oxygen atoms in total. The molecule has 26 heavy (non-hydrogen) atoms. The van der Waals surface area contributed by atoms with E-state index < -0.39 is 5.23 Å². The van der Waals surface area contributed by atoms with Crippen molar-refractivity contribution in [1.29, 1.82) is 0 Å². The number of hydrogen-bond donors (Lipinski definition) is 3. The van der Waals surface area contributed by atoms with E-state index >= 15 is 0 Å². The summed E-state index contributed by atoms with van der Waals surface area (Å²) in [6, 6.07) is 15.0. The molecule has 0 amide bonds. The van der Waals surface area contributed by atoms with Gasteiger partial charge in [0, 0.05) is 37.5 Å². The maximum atomic E-state index is 11.0. The van der Waals surface area contributed by atoms with Gasteiger partial charge in [-0.25, -0.2) is 9.88 Å². The largest absolute Gasteiger partial charge is 0.595 e. The molecule has 0 saturated carbocycles. The number of anilines is 1. The van der Waals surface area contributed by atoms with Gasteiger partial charge in [-0.05, 0) is 29.8 Å². The smallest absolute Gasteiger partial charge is 0.212 e. The number of quaternary nitrogens is 1. The number of rotatable bonds is 4. The van der Waals surface area contributed by atoms with Crippen LogP contribution in [0.3, 0.4) is 0 Å². The Morgan fingerprint density at radius 1 is 1.12 bits per heavy atom. The van der Waals surface area contributed by atoms with E-state index in [1.54, 1.807) is 36.0 Å². The predicted octanol–water partition coefficient (Wildman–Crippen LogP) is 1.76. The van der Waals surface area contributed by atoms with Crippen molar-refractivity contribution in [2.75, 3.05) is 24.4 Å². The van der Waals surface area contributed by atoms with Gasteiger partial charge in [-0.1, -0.05) is 23.9 Å². The van der Waals surface area contributed by atoms with E-state index in [9.17, 15) is 5.21 Å². The lowest BCUT2D eigenvalue weighted by atomic mass is 10.2. The van der Waals surface area contributed by atoms with Gasteiger partial charge in [0.25, 0.3) is 0 Å². The Bertz CT molecular complexity index is 908. The minimum Gasteiger partial charge on any atom is -0.595 e. The van der Waals surface area contributed by atoms with Crippen LogP contribution in [-0.4, -0.2) is 34.2 Å². The lowest BCUT2D eigenvalue weighted by molar-refractivity contribution is -0.991. The van der Waals surface area contributed by atoms with Crippen molar-refractivity contribution in [3.05, 3.63) is 59.3 Å². The van der Waals surface area contributed by atoms with Crippen LogP contribution in [-0.2, 0) is 0 Å². The Morgan fingerprint density at radius 2 is 1.81 bits per heavy atom. The summed E-state index contributed by atoms with van der Waals surface area (Å²) in [5, 5.41) is 28.4. The zero-order valence-electron chi connectivity index (χ0n) is 14.2. The van der Waals surface area contributed by atoms with E-state index in [0.717, 1.165) is 22.0 Å². The molecule has 3 aromatic rings. The van der Waals surface area contributed by atoms with E-state index in [-0.39, 0.29) is 11.1 Å². The standard InChI is InChI=1S/C17H18N6O2S/c1-21(2)13-7-5-12(6-8-13)16-20-22-15(18-19-17(22)26-16)11-3-9-14(10-4-11)23(24)25/h3-10,16,20,23-24H,1-2H3. The fourth-order valence-corrected chi connectivity index (χ4v) is 3.75. The van der Waals surface area contributed by atoms with Crippen molar-refractivity contribution >= 4 is 23.1 Å². The normalized spacial score (nSPS) is 16.8. The molecule has 0 radical (unpaired) electrons. The molecule has 1 aromatic heterocycles. The highest BCUT2D eigenvalue weighted by Gasteiger charge is 2.28. The number of nitrogens with one attached hydrogen (secondary N) is 2. The summed E-state index contributed by atoms with van der Waals surface area (Å²) >= 11 is 1.60. The van der Waals surface area contributed by atoms with E-state index in [0.29, 0.717) is 5.82 Å². The molecule has 3 N–H and O–H groups in total. The molecule has 0 spiro atoms. The van der Waals surface area contributed by atoms with Crippen LogP contribution in [0.5, 0.6) is 0 Å². The second-order valence-electron chi connectivity index (χ2n) is 6.14. The summed E-state index contributed by atoms with van der Waals surface area (Å²) < 4.78 is 1.85. The number of hydrogen-bond acceptors (Lipinski definition) is 7. The third kappa shape index (κ3) is 3.01. The molecule has 134 valence electrons. The van der Waals surface area contributed by atoms with Gasteiger partial charge in [-0.15, -0.1) is 10.2 Å². The lowest BCUT2D eigenvalue weighted by Gasteiger charge is -2.16. The van der Waals surface area contributed by atoms with Gasteiger partial charge in [0.2, 0.25) is 5.16 Å². The lowest BCUT2D eigenvalue weighted by Crippen LogP contribution is -2.99. The van der Waals surface area contributed by atoms with Crippen LogP contribution < -0.4 is 15.6 Å². The first kappa shape index (κ1) is 16.9. The van der Waals surface area contributed by atoms with Crippen LogP contribution in [0, 0.1) is 5.21 Å². The highest BCUT2D eigenvalue weighted by molar-refractivity contribution is 7.99. The van der Waals surface area contributed by atoms with Crippen molar-refractivity contribution in [3.63, 3.8) is 0 Å². The molecule has 0 aliphatic carbocycles. The quantitative estimate of drug-likeness (QED) is 0.603. The summed E-state index contributed by atoms with van der Waals surface area (Å²) in [7, 11) is 4.03. The van der Waals surface area contributed by atoms with Crippen LogP contribution in [0.15, 0.2) is 53.7 Å². The monoisotopic (exact) mass is 370 g/mol. The van der Waals surface area contributed by atoms with Crippen LogP contribution in [0.4, 0.5) is 11.4 Å². The third-order valence-electron chi connectivity index (χ3n) is 4.21. The average Bonchev–Trinajstić information content (AvgIpc) is 3.22. The summed E-state index contributed by atoms with van der Waals surface area (Å²) in [6.45, 7) is 0. The first-order valence-electron chi connectivity index (χ1n) is 8.02. The molecule has 1 aliphatic rings. The van der Waals surface area contributed by atoms with Gasteiger partial charge in [0.15, 0.2) is 11.5 Å². The Kier molecular flexibility index (Phi) is 4.29. The first-order valence-corrected chi connectivity index (χ1v) is 8.90. The molecule has 2 atom stereocenters. The van der Waals surface area contributed by atoms with Crippen molar-refractivity contribution in [3.8, 4) is 11.4 Å². The molecule has 2 heterocycles. The Balaban J connectivity index is 1.57. The number of thioether (sulfide) groups is 1. The molecule has 2 aromatic carbocycles. The third-order valence-corrected chi connectivity index (χ3v) is 5.29. The van der Waals surface area contributed by atoms with Gasteiger partial charge in [0.05, 0.1) is 0 Å². The fraction of sp³-hybridized carbons (Fsp3) is 0.176. The van der Waals surface area contributed by atoms with Crippen molar-refractivity contribution in [1.82, 2.24) is 14.9 Å². The number of nitrogens with zero attached hydrogens (tertiary/aromatic N) is 4. The molecule has 1 aliphatic heterocycles. The zero-order valence-corrected chi connectivity index (χ0v) is 15.1. The number of aromatic nitrogens is 3. The predicted molar refractivity (Wildman–Crippen MR) is 100.0 cm³/mol. The number of fused-ring (bicyclic) bond motifs is 1. The molecule has 4 rings (SSSR count). The Morgan fingerprint density at radius 3 is 2.42 bits per heavy atom. The van der Waals surface area contributed by atoms with E-state index in [1.165, 1.54) is 0 Å². The van der Waals surface area contributed by atoms with E-state index in [1.807, 2.05) is 18.8 Å². The second-order valence-corrected chi connectivity index (χ2v) is 7.21. The van der Waals surface area contributed by atoms with Crippen molar-refractivity contribution in [2.24, 2.45) is 0 Å². The summed E-state index contributed by atoms with van der Waals surface area (Å²) in [5.74, 6) is 0.664. The van der Waals surface area contributed by atoms with Crippen molar-refractivity contribution in [2.45, 2.75) is 10.5 Å². The molecule has 0 fully saturated rings. The SMILES string of the molecule is CN(C)c1ccc(C2Nn3c(nnc3-c3ccc([NH+]([O-])O)cc3)S2)cc1. The summed E-state index contributed by atoms with van der Waals surface area (Å²) in [6.07, 6.45) is 0. The Labute approximate surface area is 154 Å². The molecular formula is C17H18N6O2S. The minimum atomic E-state index is -0.946. The topological polar surface area (TPSA) is 93.7 Å². The van der Waals surface area contributed by atoms with Gasteiger partial charge in [-0.3, -0.25) is 0 Å². The van der Waals surface area contributed by atoms with Crippen LogP contribution >= 0.6 is 11.8 Å². The first-order chi connectivity index (χ1) is 12.5. The molecular weight excluding hydrogens is 352 g/mol. The average molecular weight is 370 g/mol. The maximum absolute atomic E-state index is 11.0. The highest BCUT2D eigenvalue weighted by Crippen LogP contribution is 2.40. The summed E-state index contributed by atoms with van der Waals surface area (Å²) in [4.78, 5) is 2.06. The molecule has 0 bridgehead atoms. The van der Waals surface area contributed by atoms with Crippen LogP contribution in [0.25, 0.3) is 11.4 Å².